The molecule has 0 spiro atoms. The van der Waals surface area contributed by atoms with E-state index in [9.17, 15) is 26.4 Å². The smallest absolute Gasteiger partial charge is 0.334 e. The van der Waals surface area contributed by atoms with Gasteiger partial charge in [0.2, 0.25) is 10.0 Å². The quantitative estimate of drug-likeness (QED) is 0.733. The van der Waals surface area contributed by atoms with Gasteiger partial charge in [-0.25, -0.2) is 18.7 Å². The monoisotopic (exact) mass is 407 g/mol. The Morgan fingerprint density at radius 2 is 1.81 bits per heavy atom. The number of hydrogen-bond donors (Lipinski definition) is 2. The van der Waals surface area contributed by atoms with Crippen molar-refractivity contribution in [2.75, 3.05) is 13.1 Å². The molecule has 0 atom stereocenters. The molecule has 0 radical (unpaired) electrons. The van der Waals surface area contributed by atoms with E-state index in [1.165, 1.54) is 0 Å². The molecule has 1 aliphatic carbocycles. The van der Waals surface area contributed by atoms with Crippen molar-refractivity contribution in [1.29, 1.82) is 0 Å². The summed E-state index contributed by atoms with van der Waals surface area (Å²) in [5.41, 5.74) is 1.28. The highest BCUT2D eigenvalue weighted by Crippen LogP contribution is 2.31. The number of nitrogens with one attached hydrogen (secondary N) is 2. The fourth-order valence-electron chi connectivity index (χ4n) is 2.75. The Balaban J connectivity index is 1.55. The summed E-state index contributed by atoms with van der Waals surface area (Å²) in [6, 6.07) is 3.45. The van der Waals surface area contributed by atoms with Crippen molar-refractivity contribution in [3.05, 3.63) is 29.8 Å². The molecule has 1 saturated heterocycles. The number of benzene rings is 1. The van der Waals surface area contributed by atoms with Crippen molar-refractivity contribution in [2.24, 2.45) is 0 Å². The maximum atomic E-state index is 12.8. The van der Waals surface area contributed by atoms with E-state index in [0.29, 0.717) is 18.9 Å². The first-order chi connectivity index (χ1) is 12.7. The zero-order chi connectivity index (χ0) is 19.7. The minimum absolute atomic E-state index is 0.0924. The second-order valence-corrected chi connectivity index (χ2v) is 8.53. The third kappa shape index (κ3) is 5.11. The first-order valence-corrected chi connectivity index (χ1v) is 10.00. The summed E-state index contributed by atoms with van der Waals surface area (Å²) in [5.74, 6) is 0. The van der Waals surface area contributed by atoms with E-state index in [1.807, 2.05) is 0 Å². The molecule has 1 aliphatic heterocycles. The van der Waals surface area contributed by atoms with Gasteiger partial charge in [-0.3, -0.25) is 4.84 Å². The molecule has 11 heteroatoms. The molecule has 3 rings (SSSR count). The van der Waals surface area contributed by atoms with E-state index < -0.39 is 32.7 Å². The van der Waals surface area contributed by atoms with Gasteiger partial charge < -0.3 is 5.32 Å². The fraction of sp³-hybridized carbons (Fsp3) is 0.562. The molecule has 0 bridgehead atoms. The third-order valence-corrected chi connectivity index (χ3v) is 6.33. The van der Waals surface area contributed by atoms with Crippen LogP contribution in [-0.4, -0.2) is 44.0 Å². The van der Waals surface area contributed by atoms with E-state index in [4.69, 9.17) is 4.84 Å². The van der Waals surface area contributed by atoms with Gasteiger partial charge in [-0.2, -0.15) is 17.5 Å². The van der Waals surface area contributed by atoms with Gasteiger partial charge in [-0.15, -0.1) is 0 Å². The number of sulfonamides is 1. The molecule has 2 amide bonds. The Morgan fingerprint density at radius 3 is 2.41 bits per heavy atom. The Bertz CT molecular complexity index is 788. The number of alkyl halides is 3. The number of carbonyl (C=O) groups excluding carboxylic acids is 1. The molecule has 1 heterocycles. The minimum Gasteiger partial charge on any atom is -0.334 e. The van der Waals surface area contributed by atoms with Crippen molar-refractivity contribution >= 4 is 16.1 Å². The van der Waals surface area contributed by atoms with Gasteiger partial charge >= 0.3 is 12.2 Å². The van der Waals surface area contributed by atoms with Crippen LogP contribution in [0.2, 0.25) is 0 Å². The van der Waals surface area contributed by atoms with Crippen LogP contribution >= 0.6 is 0 Å². The molecule has 1 aromatic carbocycles. The number of carbonyl (C=O) groups is 1. The molecular formula is C16H20F3N3O4S. The summed E-state index contributed by atoms with van der Waals surface area (Å²) in [6.45, 7) is 0.185. The molecule has 7 nitrogen and oxygen atoms in total. The lowest BCUT2D eigenvalue weighted by atomic mass is 10.1. The van der Waals surface area contributed by atoms with Crippen LogP contribution < -0.4 is 10.8 Å². The van der Waals surface area contributed by atoms with Crippen molar-refractivity contribution in [3.8, 4) is 0 Å². The lowest BCUT2D eigenvalue weighted by Crippen LogP contribution is -2.44. The van der Waals surface area contributed by atoms with Crippen LogP contribution in [0.3, 0.4) is 0 Å². The average molecular weight is 407 g/mol. The van der Waals surface area contributed by atoms with Crippen LogP contribution in [0.15, 0.2) is 29.2 Å². The van der Waals surface area contributed by atoms with Crippen LogP contribution in [0.5, 0.6) is 0 Å². The van der Waals surface area contributed by atoms with Crippen molar-refractivity contribution in [1.82, 2.24) is 15.1 Å². The molecule has 150 valence electrons. The Morgan fingerprint density at radius 1 is 1.15 bits per heavy atom. The van der Waals surface area contributed by atoms with Crippen LogP contribution in [-0.2, 0) is 21.0 Å². The second-order valence-electron chi connectivity index (χ2n) is 6.60. The van der Waals surface area contributed by atoms with E-state index in [1.54, 1.807) is 0 Å². The molecule has 0 unspecified atom stereocenters. The number of urea groups is 1. The van der Waals surface area contributed by atoms with E-state index in [2.05, 4.69) is 10.8 Å². The number of rotatable bonds is 5. The standard InChI is InChI=1S/C16H20F3N3O4S/c17-16(18,19)11-2-1-3-14(10-11)27(24,25)22-8-6-13(7-9-22)26-21-15(23)20-12-4-5-12/h1-3,10,12-13H,4-9H2,(H2,20,21,23). The lowest BCUT2D eigenvalue weighted by Gasteiger charge is -2.30. The number of amides is 2. The third-order valence-electron chi connectivity index (χ3n) is 4.43. The van der Waals surface area contributed by atoms with Gasteiger partial charge in [0.25, 0.3) is 0 Å². The zero-order valence-corrected chi connectivity index (χ0v) is 15.1. The second kappa shape index (κ2) is 7.64. The maximum Gasteiger partial charge on any atom is 0.416 e. The summed E-state index contributed by atoms with van der Waals surface area (Å²) in [5, 5.41) is 2.69. The van der Waals surface area contributed by atoms with E-state index >= 15 is 0 Å². The zero-order valence-electron chi connectivity index (χ0n) is 14.3. The number of piperidine rings is 1. The molecule has 2 fully saturated rings. The number of nitrogens with zero attached hydrogens (tertiary/aromatic N) is 1. The maximum absolute atomic E-state index is 12.8. The molecule has 2 N–H and O–H groups in total. The van der Waals surface area contributed by atoms with Crippen molar-refractivity contribution in [2.45, 2.75) is 48.9 Å². The Hall–Kier alpha value is -1.85. The normalized spacial score (nSPS) is 19.7. The SMILES string of the molecule is O=C(NOC1CCN(S(=O)(=O)c2cccc(C(F)(F)F)c2)CC1)NC1CC1. The molecular weight excluding hydrogens is 387 g/mol. The van der Waals surface area contributed by atoms with Crippen molar-refractivity contribution < 1.29 is 31.2 Å². The molecule has 27 heavy (non-hydrogen) atoms. The van der Waals surface area contributed by atoms with E-state index in [-0.39, 0.29) is 25.2 Å². The predicted molar refractivity (Wildman–Crippen MR) is 89.0 cm³/mol. The van der Waals surface area contributed by atoms with Crippen LogP contribution in [0.25, 0.3) is 0 Å². The van der Waals surface area contributed by atoms with E-state index in [0.717, 1.165) is 35.3 Å². The van der Waals surface area contributed by atoms with Gasteiger partial charge in [-0.1, -0.05) is 6.07 Å². The molecule has 1 saturated carbocycles. The highest BCUT2D eigenvalue weighted by Gasteiger charge is 2.34. The van der Waals surface area contributed by atoms with Crippen LogP contribution in [0.1, 0.15) is 31.2 Å². The first kappa shape index (κ1) is 19.9. The fourth-order valence-corrected chi connectivity index (χ4v) is 4.27. The van der Waals surface area contributed by atoms with Gasteiger partial charge in [0, 0.05) is 19.1 Å². The topological polar surface area (TPSA) is 87.7 Å². The minimum atomic E-state index is -4.61. The van der Waals surface area contributed by atoms with Gasteiger partial charge in [-0.05, 0) is 43.9 Å². The average Bonchev–Trinajstić information content (AvgIpc) is 3.44. The number of halogens is 3. The largest absolute Gasteiger partial charge is 0.416 e. The molecule has 2 aliphatic rings. The summed E-state index contributed by atoms with van der Waals surface area (Å²) in [7, 11) is -4.03. The van der Waals surface area contributed by atoms with Crippen molar-refractivity contribution in [3.63, 3.8) is 0 Å². The summed E-state index contributed by atoms with van der Waals surface area (Å²) in [6.07, 6.45) is -2.44. The summed E-state index contributed by atoms with van der Waals surface area (Å²) in [4.78, 5) is 16.4. The first-order valence-electron chi connectivity index (χ1n) is 8.56. The summed E-state index contributed by atoms with van der Waals surface area (Å²) < 4.78 is 64.8. The van der Waals surface area contributed by atoms with Crippen LogP contribution in [0, 0.1) is 0 Å². The Labute approximate surface area is 154 Å². The van der Waals surface area contributed by atoms with Crippen LogP contribution in [0.4, 0.5) is 18.0 Å². The highest BCUT2D eigenvalue weighted by molar-refractivity contribution is 7.89. The molecule has 0 aromatic heterocycles. The predicted octanol–water partition coefficient (Wildman–Crippen LogP) is 2.25. The van der Waals surface area contributed by atoms with Gasteiger partial charge in [0.1, 0.15) is 0 Å². The lowest BCUT2D eigenvalue weighted by molar-refractivity contribution is -0.137. The van der Waals surface area contributed by atoms with Gasteiger partial charge in [0.05, 0.1) is 16.6 Å². The highest BCUT2D eigenvalue weighted by atomic mass is 32.2. The Kier molecular flexibility index (Phi) is 5.63. The molecule has 1 aromatic rings. The number of hydrogen-bond acceptors (Lipinski definition) is 4. The number of hydroxylamine groups is 1. The van der Waals surface area contributed by atoms with Gasteiger partial charge in [0.15, 0.2) is 0 Å². The summed E-state index contributed by atoms with van der Waals surface area (Å²) >= 11 is 0.